The second kappa shape index (κ2) is 5.52. The SMILES string of the molecule is COc1cc(N2CC3CCCCN3CC2C)ccc1N. The van der Waals surface area contributed by atoms with Crippen LogP contribution >= 0.6 is 0 Å². The van der Waals surface area contributed by atoms with E-state index in [1.54, 1.807) is 7.11 Å². The number of piperazine rings is 1. The van der Waals surface area contributed by atoms with Crippen molar-refractivity contribution in [3.63, 3.8) is 0 Å². The molecule has 4 heteroatoms. The number of nitrogens with two attached hydrogens (primary N) is 1. The Morgan fingerprint density at radius 3 is 2.90 bits per heavy atom. The predicted molar refractivity (Wildman–Crippen MR) is 83.4 cm³/mol. The lowest BCUT2D eigenvalue weighted by Crippen LogP contribution is -2.58. The van der Waals surface area contributed by atoms with E-state index in [0.717, 1.165) is 18.8 Å². The lowest BCUT2D eigenvalue weighted by Gasteiger charge is -2.48. The molecular weight excluding hydrogens is 250 g/mol. The van der Waals surface area contributed by atoms with Crippen molar-refractivity contribution in [3.05, 3.63) is 18.2 Å². The van der Waals surface area contributed by atoms with Crippen LogP contribution in [0.5, 0.6) is 5.75 Å². The Hall–Kier alpha value is -1.42. The number of hydrogen-bond donors (Lipinski definition) is 1. The predicted octanol–water partition coefficient (Wildman–Crippen LogP) is 2.34. The molecule has 2 aliphatic heterocycles. The maximum atomic E-state index is 5.92. The van der Waals surface area contributed by atoms with Crippen molar-refractivity contribution in [2.45, 2.75) is 38.3 Å². The van der Waals surface area contributed by atoms with Gasteiger partial charge in [-0.1, -0.05) is 6.42 Å². The first-order valence-corrected chi connectivity index (χ1v) is 7.63. The number of piperidine rings is 1. The van der Waals surface area contributed by atoms with Crippen molar-refractivity contribution >= 4 is 11.4 Å². The summed E-state index contributed by atoms with van der Waals surface area (Å²) in [6.45, 7) is 5.87. The molecule has 0 spiro atoms. The molecule has 0 radical (unpaired) electrons. The fourth-order valence-electron chi connectivity index (χ4n) is 3.59. The summed E-state index contributed by atoms with van der Waals surface area (Å²) in [6, 6.07) is 7.40. The zero-order valence-electron chi connectivity index (χ0n) is 12.5. The normalized spacial score (nSPS) is 27.2. The first-order chi connectivity index (χ1) is 9.69. The van der Waals surface area contributed by atoms with E-state index in [1.807, 2.05) is 6.07 Å². The lowest BCUT2D eigenvalue weighted by atomic mass is 9.96. The number of benzene rings is 1. The molecule has 3 rings (SSSR count). The van der Waals surface area contributed by atoms with Gasteiger partial charge in [0.1, 0.15) is 5.75 Å². The van der Waals surface area contributed by atoms with Gasteiger partial charge in [-0.15, -0.1) is 0 Å². The van der Waals surface area contributed by atoms with E-state index in [4.69, 9.17) is 10.5 Å². The standard InChI is InChI=1S/C16H25N3O/c1-12-10-18-8-4-3-5-14(18)11-19(12)13-6-7-15(17)16(9-13)20-2/h6-7,9,12,14H,3-5,8,10-11,17H2,1-2H3. The van der Waals surface area contributed by atoms with Crippen molar-refractivity contribution in [2.24, 2.45) is 0 Å². The second-order valence-corrected chi connectivity index (χ2v) is 6.07. The number of anilines is 2. The third-order valence-electron chi connectivity index (χ3n) is 4.74. The van der Waals surface area contributed by atoms with E-state index in [0.29, 0.717) is 17.8 Å². The Morgan fingerprint density at radius 2 is 2.10 bits per heavy atom. The summed E-state index contributed by atoms with van der Waals surface area (Å²) < 4.78 is 5.36. The van der Waals surface area contributed by atoms with Crippen LogP contribution in [0.25, 0.3) is 0 Å². The van der Waals surface area contributed by atoms with Gasteiger partial charge in [0.2, 0.25) is 0 Å². The average Bonchev–Trinajstić information content (AvgIpc) is 2.47. The van der Waals surface area contributed by atoms with E-state index < -0.39 is 0 Å². The van der Waals surface area contributed by atoms with Crippen LogP contribution in [0, 0.1) is 0 Å². The first kappa shape index (κ1) is 13.6. The summed E-state index contributed by atoms with van der Waals surface area (Å²) in [7, 11) is 1.68. The van der Waals surface area contributed by atoms with Crippen LogP contribution in [0.4, 0.5) is 11.4 Å². The van der Waals surface area contributed by atoms with Crippen LogP contribution in [-0.2, 0) is 0 Å². The van der Waals surface area contributed by atoms with Crippen LogP contribution in [-0.4, -0.2) is 43.7 Å². The Labute approximate surface area is 121 Å². The fourth-order valence-corrected chi connectivity index (χ4v) is 3.59. The molecule has 2 atom stereocenters. The molecular formula is C16H25N3O. The van der Waals surface area contributed by atoms with Gasteiger partial charge >= 0.3 is 0 Å². The molecule has 0 aliphatic carbocycles. The summed E-state index contributed by atoms with van der Waals surface area (Å²) in [5, 5.41) is 0. The largest absolute Gasteiger partial charge is 0.495 e. The summed E-state index contributed by atoms with van der Waals surface area (Å²) in [4.78, 5) is 5.17. The minimum atomic E-state index is 0.540. The number of rotatable bonds is 2. The van der Waals surface area contributed by atoms with E-state index in [9.17, 15) is 0 Å². The molecule has 110 valence electrons. The van der Waals surface area contributed by atoms with Gasteiger partial charge in [-0.25, -0.2) is 0 Å². The molecule has 4 nitrogen and oxygen atoms in total. The van der Waals surface area contributed by atoms with Crippen LogP contribution < -0.4 is 15.4 Å². The Kier molecular flexibility index (Phi) is 3.74. The third kappa shape index (κ3) is 2.44. The molecule has 20 heavy (non-hydrogen) atoms. The quantitative estimate of drug-likeness (QED) is 0.841. The van der Waals surface area contributed by atoms with Crippen molar-refractivity contribution in [1.82, 2.24) is 4.90 Å². The van der Waals surface area contributed by atoms with Crippen molar-refractivity contribution in [3.8, 4) is 5.75 Å². The van der Waals surface area contributed by atoms with Gasteiger partial charge in [0, 0.05) is 36.9 Å². The highest BCUT2D eigenvalue weighted by Gasteiger charge is 2.33. The van der Waals surface area contributed by atoms with Crippen LogP contribution in [0.2, 0.25) is 0 Å². The van der Waals surface area contributed by atoms with Crippen LogP contribution in [0.1, 0.15) is 26.2 Å². The van der Waals surface area contributed by atoms with Crippen molar-refractivity contribution in [1.29, 1.82) is 0 Å². The van der Waals surface area contributed by atoms with Crippen LogP contribution in [0.15, 0.2) is 18.2 Å². The molecule has 2 heterocycles. The number of nitrogens with zero attached hydrogens (tertiary/aromatic N) is 2. The molecule has 1 aromatic carbocycles. The smallest absolute Gasteiger partial charge is 0.143 e. The van der Waals surface area contributed by atoms with Gasteiger partial charge in [-0.3, -0.25) is 4.90 Å². The Bertz CT molecular complexity index is 477. The topological polar surface area (TPSA) is 41.7 Å². The summed E-state index contributed by atoms with van der Waals surface area (Å²) >= 11 is 0. The Morgan fingerprint density at radius 1 is 1.25 bits per heavy atom. The van der Waals surface area contributed by atoms with Crippen molar-refractivity contribution < 1.29 is 4.74 Å². The molecule has 2 unspecified atom stereocenters. The second-order valence-electron chi connectivity index (χ2n) is 6.07. The zero-order chi connectivity index (χ0) is 14.1. The highest BCUT2D eigenvalue weighted by Crippen LogP contribution is 2.32. The number of fused-ring (bicyclic) bond motifs is 1. The van der Waals surface area contributed by atoms with E-state index in [-0.39, 0.29) is 0 Å². The first-order valence-electron chi connectivity index (χ1n) is 7.63. The molecule has 0 aromatic heterocycles. The number of nitrogen functional groups attached to an aromatic ring is 1. The minimum absolute atomic E-state index is 0.540. The molecule has 0 amide bonds. The molecule has 2 N–H and O–H groups in total. The highest BCUT2D eigenvalue weighted by molar-refractivity contribution is 5.63. The summed E-state index contributed by atoms with van der Waals surface area (Å²) in [5.41, 5.74) is 7.86. The Balaban J connectivity index is 1.82. The van der Waals surface area contributed by atoms with E-state index >= 15 is 0 Å². The van der Waals surface area contributed by atoms with E-state index in [1.165, 1.54) is 31.5 Å². The van der Waals surface area contributed by atoms with Gasteiger partial charge in [-0.05, 0) is 38.4 Å². The fraction of sp³-hybridized carbons (Fsp3) is 0.625. The van der Waals surface area contributed by atoms with Gasteiger partial charge in [0.05, 0.1) is 12.8 Å². The average molecular weight is 275 g/mol. The van der Waals surface area contributed by atoms with Gasteiger partial charge in [0.25, 0.3) is 0 Å². The van der Waals surface area contributed by atoms with Gasteiger partial charge in [0.15, 0.2) is 0 Å². The highest BCUT2D eigenvalue weighted by atomic mass is 16.5. The van der Waals surface area contributed by atoms with E-state index in [2.05, 4.69) is 28.9 Å². The van der Waals surface area contributed by atoms with Gasteiger partial charge < -0.3 is 15.4 Å². The number of ether oxygens (including phenoxy) is 1. The number of hydrogen-bond acceptors (Lipinski definition) is 4. The molecule has 1 aromatic rings. The van der Waals surface area contributed by atoms with Crippen molar-refractivity contribution in [2.75, 3.05) is 37.4 Å². The lowest BCUT2D eigenvalue weighted by molar-refractivity contribution is 0.115. The summed E-state index contributed by atoms with van der Waals surface area (Å²) in [5.74, 6) is 0.778. The molecule has 2 fully saturated rings. The monoisotopic (exact) mass is 275 g/mol. The maximum absolute atomic E-state index is 5.92. The van der Waals surface area contributed by atoms with Crippen LogP contribution in [0.3, 0.4) is 0 Å². The maximum Gasteiger partial charge on any atom is 0.143 e. The molecule has 2 aliphatic rings. The minimum Gasteiger partial charge on any atom is -0.495 e. The third-order valence-corrected chi connectivity index (χ3v) is 4.74. The number of methoxy groups -OCH3 is 1. The zero-order valence-corrected chi connectivity index (χ0v) is 12.5. The molecule has 0 bridgehead atoms. The molecule has 0 saturated carbocycles. The summed E-state index contributed by atoms with van der Waals surface area (Å²) in [6.07, 6.45) is 4.06. The van der Waals surface area contributed by atoms with Gasteiger partial charge in [-0.2, -0.15) is 0 Å². The molecule has 2 saturated heterocycles.